The summed E-state index contributed by atoms with van der Waals surface area (Å²) >= 11 is 0. The Labute approximate surface area is 130 Å². The van der Waals surface area contributed by atoms with Gasteiger partial charge in [0.25, 0.3) is 0 Å². The summed E-state index contributed by atoms with van der Waals surface area (Å²) in [6, 6.07) is 14.1. The summed E-state index contributed by atoms with van der Waals surface area (Å²) in [6.07, 6.45) is 2.12. The Morgan fingerprint density at radius 1 is 0.955 bits per heavy atom. The lowest BCUT2D eigenvalue weighted by Gasteiger charge is -2.13. The van der Waals surface area contributed by atoms with E-state index in [1.54, 1.807) is 14.2 Å². The Hall–Kier alpha value is -2.46. The van der Waals surface area contributed by atoms with Gasteiger partial charge in [0.2, 0.25) is 0 Å². The van der Waals surface area contributed by atoms with E-state index < -0.39 is 0 Å². The Morgan fingerprint density at radius 2 is 1.59 bits per heavy atom. The normalized spacial score (nSPS) is 16.9. The third-order valence-electron chi connectivity index (χ3n) is 3.64. The molecule has 1 N–H and O–H groups in total. The Kier molecular flexibility index (Phi) is 4.02. The van der Waals surface area contributed by atoms with E-state index in [4.69, 9.17) is 14.3 Å². The first-order valence-electron chi connectivity index (χ1n) is 7.17. The molecule has 0 bridgehead atoms. The lowest BCUT2D eigenvalue weighted by atomic mass is 9.97. The molecule has 2 aromatic carbocycles. The van der Waals surface area contributed by atoms with Crippen molar-refractivity contribution in [1.29, 1.82) is 0 Å². The molecule has 3 rings (SSSR count). The van der Waals surface area contributed by atoms with Crippen LogP contribution in [-0.4, -0.2) is 20.3 Å². The van der Waals surface area contributed by atoms with Crippen molar-refractivity contribution in [3.05, 3.63) is 54.1 Å². The molecule has 0 radical (unpaired) electrons. The van der Waals surface area contributed by atoms with Crippen LogP contribution in [0.25, 0.3) is 16.8 Å². The highest BCUT2D eigenvalue weighted by Crippen LogP contribution is 2.34. The van der Waals surface area contributed by atoms with Crippen LogP contribution in [0.1, 0.15) is 12.5 Å². The van der Waals surface area contributed by atoms with Gasteiger partial charge in [0.15, 0.2) is 0 Å². The van der Waals surface area contributed by atoms with Crippen molar-refractivity contribution in [3.63, 3.8) is 0 Å². The lowest BCUT2D eigenvalue weighted by molar-refractivity contribution is 0.0625. The molecule has 2 aromatic rings. The molecule has 0 aliphatic carbocycles. The second-order valence-electron chi connectivity index (χ2n) is 5.15. The fourth-order valence-electron chi connectivity index (χ4n) is 2.54. The molecule has 1 heterocycles. The quantitative estimate of drug-likeness (QED) is 0.935. The number of benzene rings is 2. The molecular weight excluding hydrogens is 278 g/mol. The van der Waals surface area contributed by atoms with Gasteiger partial charge in [0.1, 0.15) is 17.6 Å². The van der Waals surface area contributed by atoms with E-state index in [9.17, 15) is 0 Å². The second kappa shape index (κ2) is 6.12. The molecular formula is C18H19NO3. The predicted molar refractivity (Wildman–Crippen MR) is 86.6 cm³/mol. The third kappa shape index (κ3) is 2.78. The zero-order chi connectivity index (χ0) is 15.5. The van der Waals surface area contributed by atoms with Crippen LogP contribution < -0.4 is 15.0 Å². The van der Waals surface area contributed by atoms with Crippen LogP contribution in [-0.2, 0) is 4.84 Å². The molecule has 4 heteroatoms. The van der Waals surface area contributed by atoms with Crippen molar-refractivity contribution in [2.45, 2.75) is 13.0 Å². The summed E-state index contributed by atoms with van der Waals surface area (Å²) in [4.78, 5) is 5.41. The van der Waals surface area contributed by atoms with E-state index in [2.05, 4.69) is 23.7 Å². The minimum absolute atomic E-state index is 0.0582. The lowest BCUT2D eigenvalue weighted by Crippen LogP contribution is -2.09. The summed E-state index contributed by atoms with van der Waals surface area (Å²) in [6.45, 7) is 2.00. The van der Waals surface area contributed by atoms with Gasteiger partial charge >= 0.3 is 0 Å². The van der Waals surface area contributed by atoms with E-state index >= 15 is 0 Å². The van der Waals surface area contributed by atoms with Crippen LogP contribution in [0.5, 0.6) is 11.5 Å². The Balaban J connectivity index is 2.11. The fraction of sp³-hybridized carbons (Fsp3) is 0.222. The summed E-state index contributed by atoms with van der Waals surface area (Å²) in [5.41, 5.74) is 7.18. The van der Waals surface area contributed by atoms with Gasteiger partial charge in [0.05, 0.1) is 19.9 Å². The van der Waals surface area contributed by atoms with Crippen LogP contribution in [0.4, 0.5) is 0 Å². The van der Waals surface area contributed by atoms with Crippen molar-refractivity contribution in [2.75, 3.05) is 14.2 Å². The average Bonchev–Trinajstić information content (AvgIpc) is 3.00. The molecule has 4 nitrogen and oxygen atoms in total. The first-order valence-corrected chi connectivity index (χ1v) is 7.17. The maximum atomic E-state index is 5.41. The van der Waals surface area contributed by atoms with Gasteiger partial charge in [-0.3, -0.25) is 10.3 Å². The number of hydrogen-bond donors (Lipinski definition) is 1. The molecule has 114 valence electrons. The van der Waals surface area contributed by atoms with Crippen LogP contribution in [0.2, 0.25) is 0 Å². The van der Waals surface area contributed by atoms with Gasteiger partial charge in [-0.1, -0.05) is 24.3 Å². The molecule has 1 unspecified atom stereocenters. The van der Waals surface area contributed by atoms with Gasteiger partial charge < -0.3 is 9.47 Å². The van der Waals surface area contributed by atoms with Gasteiger partial charge in [-0.2, -0.15) is 0 Å². The maximum Gasteiger partial charge on any atom is 0.123 e. The number of ether oxygens (including phenoxy) is 2. The molecule has 0 spiro atoms. The zero-order valence-corrected chi connectivity index (χ0v) is 12.9. The molecule has 1 atom stereocenters. The fourth-order valence-corrected chi connectivity index (χ4v) is 2.54. The topological polar surface area (TPSA) is 39.7 Å². The molecule has 0 saturated carbocycles. The monoisotopic (exact) mass is 297 g/mol. The Morgan fingerprint density at radius 3 is 2.14 bits per heavy atom. The third-order valence-corrected chi connectivity index (χ3v) is 3.64. The summed E-state index contributed by atoms with van der Waals surface area (Å²) < 4.78 is 10.7. The van der Waals surface area contributed by atoms with Crippen molar-refractivity contribution in [3.8, 4) is 22.6 Å². The van der Waals surface area contributed by atoms with Crippen LogP contribution >= 0.6 is 0 Å². The largest absolute Gasteiger partial charge is 0.497 e. The van der Waals surface area contributed by atoms with Crippen LogP contribution in [0.15, 0.2) is 48.5 Å². The van der Waals surface area contributed by atoms with E-state index in [0.717, 1.165) is 33.9 Å². The average molecular weight is 297 g/mol. The zero-order valence-electron chi connectivity index (χ0n) is 12.9. The van der Waals surface area contributed by atoms with Gasteiger partial charge in [-0.05, 0) is 36.3 Å². The second-order valence-corrected chi connectivity index (χ2v) is 5.15. The van der Waals surface area contributed by atoms with Crippen molar-refractivity contribution in [1.82, 2.24) is 5.48 Å². The summed E-state index contributed by atoms with van der Waals surface area (Å²) in [7, 11) is 3.31. The number of nitrogens with one attached hydrogen (secondary N) is 1. The smallest absolute Gasteiger partial charge is 0.123 e. The van der Waals surface area contributed by atoms with Crippen molar-refractivity contribution >= 4 is 5.70 Å². The van der Waals surface area contributed by atoms with Gasteiger partial charge in [0, 0.05) is 11.6 Å². The van der Waals surface area contributed by atoms with Gasteiger partial charge in [-0.15, -0.1) is 0 Å². The van der Waals surface area contributed by atoms with E-state index in [1.165, 1.54) is 0 Å². The van der Waals surface area contributed by atoms with E-state index in [0.29, 0.717) is 0 Å². The minimum atomic E-state index is 0.0582. The van der Waals surface area contributed by atoms with Crippen molar-refractivity contribution < 1.29 is 14.3 Å². The molecule has 1 aliphatic heterocycles. The Bertz CT molecular complexity index is 687. The summed E-state index contributed by atoms with van der Waals surface area (Å²) in [5.74, 6) is 1.53. The predicted octanol–water partition coefficient (Wildman–Crippen LogP) is 3.64. The molecule has 0 fully saturated rings. The molecule has 1 aliphatic rings. The first-order chi connectivity index (χ1) is 10.7. The highest BCUT2D eigenvalue weighted by Gasteiger charge is 2.17. The number of hydrogen-bond acceptors (Lipinski definition) is 4. The SMILES string of the molecule is COc1cc(OC)cc(-c2ccccc2C2=CC(C)ON2)c1. The summed E-state index contributed by atoms with van der Waals surface area (Å²) in [5, 5.41) is 0. The molecule has 0 aromatic heterocycles. The standard InChI is InChI=1S/C18H19NO3/c1-12-8-18(19-22-12)17-7-5-4-6-16(17)13-9-14(20-2)11-15(10-13)21-3/h4-12,19H,1-3H3. The minimum Gasteiger partial charge on any atom is -0.497 e. The maximum absolute atomic E-state index is 5.41. The van der Waals surface area contributed by atoms with E-state index in [1.807, 2.05) is 37.3 Å². The highest BCUT2D eigenvalue weighted by atomic mass is 16.7. The van der Waals surface area contributed by atoms with Crippen LogP contribution in [0, 0.1) is 0 Å². The van der Waals surface area contributed by atoms with E-state index in [-0.39, 0.29) is 6.10 Å². The van der Waals surface area contributed by atoms with Crippen molar-refractivity contribution in [2.24, 2.45) is 0 Å². The van der Waals surface area contributed by atoms with Crippen LogP contribution in [0.3, 0.4) is 0 Å². The molecule has 0 amide bonds. The number of rotatable bonds is 4. The van der Waals surface area contributed by atoms with Gasteiger partial charge in [-0.25, -0.2) is 0 Å². The number of hydroxylamine groups is 1. The molecule has 22 heavy (non-hydrogen) atoms. The number of methoxy groups -OCH3 is 2. The first kappa shape index (κ1) is 14.5. The highest BCUT2D eigenvalue weighted by molar-refractivity contribution is 5.82. The molecule has 0 saturated heterocycles.